The lowest BCUT2D eigenvalue weighted by molar-refractivity contribution is -0.458. The first-order chi connectivity index (χ1) is 6.67. The zero-order valence-electron chi connectivity index (χ0n) is 9.07. The fourth-order valence-corrected chi connectivity index (χ4v) is 1.23. The number of hydrogen-bond acceptors (Lipinski definition) is 2. The second-order valence-corrected chi connectivity index (χ2v) is 3.21. The van der Waals surface area contributed by atoms with Crippen LogP contribution in [-0.4, -0.2) is 39.1 Å². The monoisotopic (exact) mass is 194 g/mol. The van der Waals surface area contributed by atoms with Gasteiger partial charge in [-0.25, -0.2) is 4.58 Å². The van der Waals surface area contributed by atoms with Crippen LogP contribution in [0, 0.1) is 0 Å². The molecule has 0 N–H and O–H groups in total. The van der Waals surface area contributed by atoms with E-state index in [0.29, 0.717) is 0 Å². The SMILES string of the molecule is COc1ccc(C=[N+](C)C)cc1OC. The molecule has 0 aliphatic carbocycles. The number of methoxy groups -OCH3 is 2. The van der Waals surface area contributed by atoms with Gasteiger partial charge in [-0.2, -0.15) is 0 Å². The smallest absolute Gasteiger partial charge is 0.170 e. The normalized spacial score (nSPS) is 9.43. The molecule has 0 atom stereocenters. The topological polar surface area (TPSA) is 21.5 Å². The van der Waals surface area contributed by atoms with E-state index in [1.54, 1.807) is 14.2 Å². The van der Waals surface area contributed by atoms with Gasteiger partial charge < -0.3 is 9.47 Å². The molecule has 1 rings (SSSR count). The molecule has 3 nitrogen and oxygen atoms in total. The van der Waals surface area contributed by atoms with E-state index < -0.39 is 0 Å². The van der Waals surface area contributed by atoms with Crippen molar-refractivity contribution in [3.8, 4) is 11.5 Å². The quantitative estimate of drug-likeness (QED) is 0.535. The standard InChI is InChI=1S/C11H16NO2/c1-12(2)8-9-5-6-10(13-3)11(7-9)14-4/h5-8H,1-4H3/q+1. The first kappa shape index (κ1) is 10.6. The lowest BCUT2D eigenvalue weighted by Crippen LogP contribution is -2.00. The largest absolute Gasteiger partial charge is 0.493 e. The molecule has 0 unspecified atom stereocenters. The van der Waals surface area contributed by atoms with Gasteiger partial charge >= 0.3 is 0 Å². The van der Waals surface area contributed by atoms with Crippen molar-refractivity contribution in [3.63, 3.8) is 0 Å². The van der Waals surface area contributed by atoms with Crippen molar-refractivity contribution in [3.05, 3.63) is 23.8 Å². The maximum atomic E-state index is 5.19. The molecule has 0 saturated carbocycles. The highest BCUT2D eigenvalue weighted by Gasteiger charge is 2.04. The van der Waals surface area contributed by atoms with Crippen LogP contribution >= 0.6 is 0 Å². The second kappa shape index (κ2) is 4.65. The highest BCUT2D eigenvalue weighted by Crippen LogP contribution is 2.26. The van der Waals surface area contributed by atoms with Crippen LogP contribution in [0.25, 0.3) is 0 Å². The number of nitrogens with zero attached hydrogens (tertiary/aromatic N) is 1. The van der Waals surface area contributed by atoms with Gasteiger partial charge in [0.2, 0.25) is 0 Å². The number of ether oxygens (including phenoxy) is 2. The fourth-order valence-electron chi connectivity index (χ4n) is 1.23. The van der Waals surface area contributed by atoms with Gasteiger partial charge in [-0.3, -0.25) is 0 Å². The average molecular weight is 194 g/mol. The van der Waals surface area contributed by atoms with Crippen molar-refractivity contribution in [1.82, 2.24) is 0 Å². The van der Waals surface area contributed by atoms with Crippen LogP contribution in [0.5, 0.6) is 11.5 Å². The maximum absolute atomic E-state index is 5.19. The summed E-state index contributed by atoms with van der Waals surface area (Å²) in [5.41, 5.74) is 1.09. The molecule has 76 valence electrons. The predicted octanol–water partition coefficient (Wildman–Crippen LogP) is 1.39. The van der Waals surface area contributed by atoms with Crippen molar-refractivity contribution in [2.45, 2.75) is 0 Å². The number of hydrogen-bond donors (Lipinski definition) is 0. The van der Waals surface area contributed by atoms with E-state index >= 15 is 0 Å². The molecule has 0 bridgehead atoms. The molecular formula is C11H16NO2+. The van der Waals surface area contributed by atoms with Crippen LogP contribution in [0.15, 0.2) is 18.2 Å². The van der Waals surface area contributed by atoms with Gasteiger partial charge in [0.1, 0.15) is 14.1 Å². The van der Waals surface area contributed by atoms with Crippen molar-refractivity contribution in [2.24, 2.45) is 0 Å². The van der Waals surface area contributed by atoms with Gasteiger partial charge in [0, 0.05) is 5.56 Å². The summed E-state index contributed by atoms with van der Waals surface area (Å²) in [6.07, 6.45) is 2.02. The molecule has 0 spiro atoms. The Hall–Kier alpha value is -1.51. The minimum Gasteiger partial charge on any atom is -0.493 e. The second-order valence-electron chi connectivity index (χ2n) is 3.21. The summed E-state index contributed by atoms with van der Waals surface area (Å²) in [5.74, 6) is 1.51. The molecule has 0 heterocycles. The van der Waals surface area contributed by atoms with E-state index in [4.69, 9.17) is 9.47 Å². The van der Waals surface area contributed by atoms with E-state index in [2.05, 4.69) is 0 Å². The minimum absolute atomic E-state index is 0.753. The molecule has 0 radical (unpaired) electrons. The van der Waals surface area contributed by atoms with Gasteiger partial charge in [-0.05, 0) is 18.2 Å². The van der Waals surface area contributed by atoms with Crippen molar-refractivity contribution >= 4 is 6.21 Å². The Labute approximate surface area is 84.6 Å². The van der Waals surface area contributed by atoms with E-state index in [1.165, 1.54) is 0 Å². The third-order valence-corrected chi connectivity index (χ3v) is 1.81. The summed E-state index contributed by atoms with van der Waals surface area (Å²) in [6, 6.07) is 5.83. The molecule has 3 heteroatoms. The number of benzene rings is 1. The molecule has 0 aromatic heterocycles. The molecule has 1 aromatic rings. The summed E-state index contributed by atoms with van der Waals surface area (Å²) >= 11 is 0. The van der Waals surface area contributed by atoms with E-state index in [-0.39, 0.29) is 0 Å². The molecule has 0 fully saturated rings. The van der Waals surface area contributed by atoms with Crippen LogP contribution in [0.1, 0.15) is 5.56 Å². The highest BCUT2D eigenvalue weighted by molar-refractivity contribution is 5.77. The Balaban J connectivity index is 3.07. The summed E-state index contributed by atoms with van der Waals surface area (Å²) < 4.78 is 12.3. The average Bonchev–Trinajstić information content (AvgIpc) is 2.16. The molecule has 1 aromatic carbocycles. The Morgan fingerprint density at radius 1 is 1.07 bits per heavy atom. The number of rotatable bonds is 3. The van der Waals surface area contributed by atoms with Gasteiger partial charge in [0.15, 0.2) is 17.7 Å². The Morgan fingerprint density at radius 2 is 1.71 bits per heavy atom. The summed E-state index contributed by atoms with van der Waals surface area (Å²) in [5, 5.41) is 0. The summed E-state index contributed by atoms with van der Waals surface area (Å²) in [7, 11) is 7.23. The van der Waals surface area contributed by atoms with Crippen LogP contribution in [0.2, 0.25) is 0 Å². The van der Waals surface area contributed by atoms with Crippen LogP contribution in [0.4, 0.5) is 0 Å². The zero-order valence-corrected chi connectivity index (χ0v) is 9.07. The first-order valence-corrected chi connectivity index (χ1v) is 4.40. The summed E-state index contributed by atoms with van der Waals surface area (Å²) in [6.45, 7) is 0. The van der Waals surface area contributed by atoms with E-state index in [1.807, 2.05) is 43.1 Å². The molecule has 0 amide bonds. The third-order valence-electron chi connectivity index (χ3n) is 1.81. The summed E-state index contributed by atoms with van der Waals surface area (Å²) in [4.78, 5) is 0. The van der Waals surface area contributed by atoms with E-state index in [0.717, 1.165) is 17.1 Å². The Kier molecular flexibility index (Phi) is 3.51. The Morgan fingerprint density at radius 3 is 2.21 bits per heavy atom. The van der Waals surface area contributed by atoms with Gasteiger partial charge in [0.05, 0.1) is 14.2 Å². The maximum Gasteiger partial charge on any atom is 0.170 e. The van der Waals surface area contributed by atoms with Crippen molar-refractivity contribution in [2.75, 3.05) is 28.3 Å². The zero-order chi connectivity index (χ0) is 10.6. The third kappa shape index (κ3) is 2.49. The van der Waals surface area contributed by atoms with Crippen molar-refractivity contribution < 1.29 is 14.0 Å². The predicted molar refractivity (Wildman–Crippen MR) is 56.8 cm³/mol. The first-order valence-electron chi connectivity index (χ1n) is 4.40. The van der Waals surface area contributed by atoms with Crippen LogP contribution in [0.3, 0.4) is 0 Å². The van der Waals surface area contributed by atoms with Crippen molar-refractivity contribution in [1.29, 1.82) is 0 Å². The molecule has 0 saturated heterocycles. The van der Waals surface area contributed by atoms with Gasteiger partial charge in [-0.1, -0.05) is 0 Å². The molecule has 0 aliphatic heterocycles. The van der Waals surface area contributed by atoms with Gasteiger partial charge in [0.25, 0.3) is 0 Å². The lowest BCUT2D eigenvalue weighted by Gasteiger charge is -2.06. The molecular weight excluding hydrogens is 178 g/mol. The van der Waals surface area contributed by atoms with Gasteiger partial charge in [-0.15, -0.1) is 0 Å². The minimum atomic E-state index is 0.753. The molecule has 0 aliphatic rings. The lowest BCUT2D eigenvalue weighted by atomic mass is 10.2. The fraction of sp³-hybridized carbons (Fsp3) is 0.364. The Bertz CT molecular complexity index is 341. The van der Waals surface area contributed by atoms with Crippen LogP contribution < -0.4 is 9.47 Å². The molecule has 14 heavy (non-hydrogen) atoms. The highest BCUT2D eigenvalue weighted by atomic mass is 16.5. The van der Waals surface area contributed by atoms with Crippen LogP contribution in [-0.2, 0) is 0 Å². The van der Waals surface area contributed by atoms with E-state index in [9.17, 15) is 0 Å².